The van der Waals surface area contributed by atoms with Gasteiger partial charge < -0.3 is 28.8 Å². The third-order valence-corrected chi connectivity index (χ3v) is 6.84. The number of rotatable bonds is 5. The van der Waals surface area contributed by atoms with Crippen molar-refractivity contribution in [2.45, 2.75) is 36.9 Å². The number of ether oxygens (including phenoxy) is 5. The van der Waals surface area contributed by atoms with E-state index >= 15 is 0 Å². The van der Waals surface area contributed by atoms with Gasteiger partial charge in [-0.3, -0.25) is 14.5 Å². The predicted octanol–water partition coefficient (Wildman–Crippen LogP) is 2.94. The van der Waals surface area contributed by atoms with E-state index in [1.165, 1.54) is 0 Å². The first-order valence-corrected chi connectivity index (χ1v) is 12.0. The summed E-state index contributed by atoms with van der Waals surface area (Å²) in [5.74, 6) is -0.00351. The molecule has 2 saturated heterocycles. The molecule has 3 aromatic rings. The minimum absolute atomic E-state index is 0.124. The Morgan fingerprint density at radius 3 is 2.11 bits per heavy atom. The maximum absolute atomic E-state index is 13.4. The number of carbonyl (C=O) groups excluding carboxylic acids is 2. The van der Waals surface area contributed by atoms with Crippen LogP contribution in [0.5, 0.6) is 11.5 Å². The van der Waals surface area contributed by atoms with Gasteiger partial charge in [0.05, 0.1) is 24.8 Å². The standard InChI is InChI=1S/C28H25NO8/c1-33-17-11-13-18(14-12-17)35-28-22(29-25(31)19-9-5-6-10-20(19)26(29)32)23(30)24-21(36-28)15-34-27(37-24)16-7-3-2-4-8-16/h2-14,21-24,27-28,30H,15H2,1H3/t21-,22-,23-,24+,27-,28-/m1/s1. The summed E-state index contributed by atoms with van der Waals surface area (Å²) in [7, 11) is 1.56. The number of aliphatic hydroxyl groups is 1. The van der Waals surface area contributed by atoms with Crippen molar-refractivity contribution in [3.05, 3.63) is 95.6 Å². The highest BCUT2D eigenvalue weighted by Gasteiger charge is 2.56. The quantitative estimate of drug-likeness (QED) is 0.530. The number of imide groups is 1. The summed E-state index contributed by atoms with van der Waals surface area (Å²) in [5, 5.41) is 11.6. The molecule has 9 heteroatoms. The molecule has 0 unspecified atom stereocenters. The summed E-state index contributed by atoms with van der Waals surface area (Å²) in [6.07, 6.45) is -4.78. The van der Waals surface area contributed by atoms with Crippen molar-refractivity contribution in [2.24, 2.45) is 0 Å². The number of aliphatic hydroxyl groups excluding tert-OH is 1. The maximum atomic E-state index is 13.4. The van der Waals surface area contributed by atoms with Gasteiger partial charge in [0, 0.05) is 5.56 Å². The molecule has 3 aromatic carbocycles. The fourth-order valence-corrected chi connectivity index (χ4v) is 5.00. The van der Waals surface area contributed by atoms with Crippen molar-refractivity contribution >= 4 is 11.8 Å². The van der Waals surface area contributed by atoms with Crippen LogP contribution in [0.2, 0.25) is 0 Å². The van der Waals surface area contributed by atoms with Gasteiger partial charge in [0.2, 0.25) is 6.29 Å². The number of nitrogens with zero attached hydrogens (tertiary/aromatic N) is 1. The minimum Gasteiger partial charge on any atom is -0.497 e. The van der Waals surface area contributed by atoms with Crippen LogP contribution in [-0.4, -0.2) is 66.2 Å². The molecular formula is C28H25NO8. The lowest BCUT2D eigenvalue weighted by Gasteiger charge is -2.49. The summed E-state index contributed by atoms with van der Waals surface area (Å²) >= 11 is 0. The molecule has 0 aromatic heterocycles. The molecule has 9 nitrogen and oxygen atoms in total. The zero-order valence-electron chi connectivity index (χ0n) is 19.9. The van der Waals surface area contributed by atoms with Gasteiger partial charge in [0.25, 0.3) is 11.8 Å². The van der Waals surface area contributed by atoms with Crippen LogP contribution in [0.3, 0.4) is 0 Å². The highest BCUT2D eigenvalue weighted by Crippen LogP contribution is 2.38. The summed E-state index contributed by atoms with van der Waals surface area (Å²) in [5.41, 5.74) is 1.31. The lowest BCUT2D eigenvalue weighted by Crippen LogP contribution is -2.68. The number of methoxy groups -OCH3 is 1. The predicted molar refractivity (Wildman–Crippen MR) is 129 cm³/mol. The third-order valence-electron chi connectivity index (χ3n) is 6.84. The molecule has 0 spiro atoms. The van der Waals surface area contributed by atoms with Gasteiger partial charge in [0.1, 0.15) is 35.9 Å². The molecule has 3 aliphatic heterocycles. The number of fused-ring (bicyclic) bond motifs is 2. The van der Waals surface area contributed by atoms with Crippen LogP contribution in [0, 0.1) is 0 Å². The molecule has 3 aliphatic rings. The van der Waals surface area contributed by atoms with Crippen molar-refractivity contribution in [1.82, 2.24) is 4.90 Å². The van der Waals surface area contributed by atoms with E-state index in [0.717, 1.165) is 10.5 Å². The Balaban J connectivity index is 1.33. The molecule has 0 radical (unpaired) electrons. The molecule has 6 rings (SSSR count). The van der Waals surface area contributed by atoms with Crippen molar-refractivity contribution < 1.29 is 38.4 Å². The van der Waals surface area contributed by atoms with E-state index < -0.39 is 48.7 Å². The van der Waals surface area contributed by atoms with E-state index in [9.17, 15) is 14.7 Å². The number of hydrogen-bond donors (Lipinski definition) is 1. The van der Waals surface area contributed by atoms with Gasteiger partial charge in [0.15, 0.2) is 6.29 Å². The Morgan fingerprint density at radius 1 is 0.838 bits per heavy atom. The number of benzene rings is 3. The van der Waals surface area contributed by atoms with Crippen molar-refractivity contribution in [1.29, 1.82) is 0 Å². The third kappa shape index (κ3) is 4.15. The number of carbonyl (C=O) groups is 2. The molecule has 0 saturated carbocycles. The lowest BCUT2D eigenvalue weighted by molar-refractivity contribution is -0.338. The zero-order valence-corrected chi connectivity index (χ0v) is 19.9. The Hall–Kier alpha value is -3.76. The molecular weight excluding hydrogens is 478 g/mol. The van der Waals surface area contributed by atoms with Gasteiger partial charge in [-0.25, -0.2) is 0 Å². The SMILES string of the molecule is COc1ccc(O[C@@H]2O[C@@H]3CO[C@@H](c4ccccc4)O[C@@H]3[C@H](O)[C@H]2N2C(=O)c3ccccc3C2=O)cc1. The highest BCUT2D eigenvalue weighted by molar-refractivity contribution is 6.21. The van der Waals surface area contributed by atoms with Crippen LogP contribution in [0.15, 0.2) is 78.9 Å². The van der Waals surface area contributed by atoms with Gasteiger partial charge in [-0.15, -0.1) is 0 Å². The fourth-order valence-electron chi connectivity index (χ4n) is 5.00. The molecule has 2 amide bonds. The Morgan fingerprint density at radius 2 is 1.46 bits per heavy atom. The summed E-state index contributed by atoms with van der Waals surface area (Å²) in [6.45, 7) is 0.124. The van der Waals surface area contributed by atoms with Crippen molar-refractivity contribution in [3.8, 4) is 11.5 Å². The molecule has 3 heterocycles. The smallest absolute Gasteiger partial charge is 0.262 e. The van der Waals surface area contributed by atoms with Crippen LogP contribution in [0.4, 0.5) is 0 Å². The van der Waals surface area contributed by atoms with Crippen molar-refractivity contribution in [2.75, 3.05) is 13.7 Å². The van der Waals surface area contributed by atoms with Crippen LogP contribution in [-0.2, 0) is 14.2 Å². The maximum Gasteiger partial charge on any atom is 0.262 e. The summed E-state index contributed by atoms with van der Waals surface area (Å²) in [6, 6.07) is 21.5. The second kappa shape index (κ2) is 9.60. The fraction of sp³-hybridized carbons (Fsp3) is 0.286. The molecule has 2 fully saturated rings. The highest BCUT2D eigenvalue weighted by atomic mass is 16.7. The average molecular weight is 504 g/mol. The van der Waals surface area contributed by atoms with E-state index in [2.05, 4.69) is 0 Å². The van der Waals surface area contributed by atoms with E-state index in [4.69, 9.17) is 23.7 Å². The molecule has 0 bridgehead atoms. The molecule has 190 valence electrons. The summed E-state index contributed by atoms with van der Waals surface area (Å²) < 4.78 is 29.6. The molecule has 0 aliphatic carbocycles. The van der Waals surface area contributed by atoms with E-state index in [0.29, 0.717) is 11.5 Å². The van der Waals surface area contributed by atoms with Gasteiger partial charge >= 0.3 is 0 Å². The molecule has 37 heavy (non-hydrogen) atoms. The normalized spacial score (nSPS) is 29.0. The minimum atomic E-state index is -1.31. The van der Waals surface area contributed by atoms with Crippen LogP contribution >= 0.6 is 0 Å². The summed E-state index contributed by atoms with van der Waals surface area (Å²) in [4.78, 5) is 27.8. The second-order valence-corrected chi connectivity index (χ2v) is 9.02. The first kappa shape index (κ1) is 23.6. The van der Waals surface area contributed by atoms with E-state index in [-0.39, 0.29) is 17.7 Å². The van der Waals surface area contributed by atoms with Crippen LogP contribution in [0.25, 0.3) is 0 Å². The van der Waals surface area contributed by atoms with Gasteiger partial charge in [-0.2, -0.15) is 0 Å². The molecule has 1 N–H and O–H groups in total. The lowest BCUT2D eigenvalue weighted by atomic mass is 9.94. The second-order valence-electron chi connectivity index (χ2n) is 9.02. The van der Waals surface area contributed by atoms with Crippen LogP contribution in [0.1, 0.15) is 32.6 Å². The van der Waals surface area contributed by atoms with Gasteiger partial charge in [-0.1, -0.05) is 42.5 Å². The van der Waals surface area contributed by atoms with Crippen molar-refractivity contribution in [3.63, 3.8) is 0 Å². The zero-order chi connectivity index (χ0) is 25.5. The number of hydrogen-bond acceptors (Lipinski definition) is 8. The average Bonchev–Trinajstić information content (AvgIpc) is 3.19. The first-order chi connectivity index (χ1) is 18.0. The topological polar surface area (TPSA) is 104 Å². The first-order valence-electron chi connectivity index (χ1n) is 12.0. The Kier molecular flexibility index (Phi) is 6.13. The Labute approximate surface area is 213 Å². The largest absolute Gasteiger partial charge is 0.497 e. The monoisotopic (exact) mass is 503 g/mol. The van der Waals surface area contributed by atoms with Gasteiger partial charge in [-0.05, 0) is 36.4 Å². The molecule has 6 atom stereocenters. The number of amides is 2. The Bertz CT molecular complexity index is 1260. The van der Waals surface area contributed by atoms with Crippen LogP contribution < -0.4 is 9.47 Å². The van der Waals surface area contributed by atoms with E-state index in [1.54, 1.807) is 55.6 Å². The van der Waals surface area contributed by atoms with E-state index in [1.807, 2.05) is 30.3 Å².